The Kier molecular flexibility index (Phi) is 5.20. The Morgan fingerprint density at radius 1 is 1.27 bits per heavy atom. The molecule has 0 saturated carbocycles. The summed E-state index contributed by atoms with van der Waals surface area (Å²) >= 11 is 0. The number of aryl methyl sites for hydroxylation is 1. The number of halogens is 2. The first kappa shape index (κ1) is 21.6. The van der Waals surface area contributed by atoms with Gasteiger partial charge in [0.05, 0.1) is 18.3 Å². The van der Waals surface area contributed by atoms with E-state index < -0.39 is 17.9 Å². The molecule has 172 valence electrons. The Bertz CT molecular complexity index is 1380. The zero-order valence-corrected chi connectivity index (χ0v) is 18.7. The second-order valence-corrected chi connectivity index (χ2v) is 9.08. The molecule has 1 aliphatic heterocycles. The lowest BCUT2D eigenvalue weighted by Gasteiger charge is -2.28. The van der Waals surface area contributed by atoms with Crippen LogP contribution in [0, 0.1) is 18.6 Å². The number of ether oxygens (including phenoxy) is 1. The van der Waals surface area contributed by atoms with Gasteiger partial charge in [0.2, 0.25) is 0 Å². The van der Waals surface area contributed by atoms with Crippen molar-refractivity contribution >= 4 is 27.8 Å². The van der Waals surface area contributed by atoms with Gasteiger partial charge in [-0.05, 0) is 61.1 Å². The van der Waals surface area contributed by atoms with Gasteiger partial charge in [0, 0.05) is 28.1 Å². The molecule has 1 fully saturated rings. The van der Waals surface area contributed by atoms with E-state index in [9.17, 15) is 14.3 Å². The molecule has 33 heavy (non-hydrogen) atoms. The summed E-state index contributed by atoms with van der Waals surface area (Å²) in [6.45, 7) is 5.98. The van der Waals surface area contributed by atoms with Gasteiger partial charge < -0.3 is 14.4 Å². The molecule has 0 aliphatic carbocycles. The van der Waals surface area contributed by atoms with Crippen LogP contribution in [0.25, 0.3) is 27.5 Å². The molecule has 8 heteroatoms. The van der Waals surface area contributed by atoms with Crippen molar-refractivity contribution in [1.82, 2.24) is 14.8 Å². The van der Waals surface area contributed by atoms with Crippen LogP contribution in [0.15, 0.2) is 30.5 Å². The summed E-state index contributed by atoms with van der Waals surface area (Å²) in [5, 5.41) is 17.2. The predicted octanol–water partition coefficient (Wildman–Crippen LogP) is 5.56. The summed E-state index contributed by atoms with van der Waals surface area (Å²) in [5.74, 6) is -1.82. The SMILES string of the molecule is Cc1cc(-n2c(C(C)C)c([C@@H]3CC[C@@H](C(=O)O)OC3)c3c(F)c4[nH]ncc4cc32)ccc1F. The number of rotatable bonds is 4. The highest BCUT2D eigenvalue weighted by Gasteiger charge is 2.34. The molecule has 2 atom stereocenters. The second-order valence-electron chi connectivity index (χ2n) is 9.08. The average Bonchev–Trinajstić information content (AvgIpc) is 3.39. The molecule has 3 heterocycles. The Morgan fingerprint density at radius 2 is 2.06 bits per heavy atom. The molecule has 6 nitrogen and oxygen atoms in total. The lowest BCUT2D eigenvalue weighted by Crippen LogP contribution is -2.31. The van der Waals surface area contributed by atoms with Crippen LogP contribution in [0.3, 0.4) is 0 Å². The fourth-order valence-corrected chi connectivity index (χ4v) is 5.05. The maximum Gasteiger partial charge on any atom is 0.332 e. The van der Waals surface area contributed by atoms with Gasteiger partial charge in [0.1, 0.15) is 11.3 Å². The fourth-order valence-electron chi connectivity index (χ4n) is 5.05. The topological polar surface area (TPSA) is 80.1 Å². The minimum absolute atomic E-state index is 0.0193. The van der Waals surface area contributed by atoms with Crippen LogP contribution in [0.1, 0.15) is 55.3 Å². The number of carbonyl (C=O) groups is 1. The number of hydrogen-bond donors (Lipinski definition) is 2. The van der Waals surface area contributed by atoms with Crippen molar-refractivity contribution in [3.8, 4) is 5.69 Å². The van der Waals surface area contributed by atoms with Crippen LogP contribution in [-0.4, -0.2) is 38.6 Å². The van der Waals surface area contributed by atoms with E-state index in [-0.39, 0.29) is 24.3 Å². The molecule has 4 aromatic rings. The molecule has 5 rings (SSSR count). The van der Waals surface area contributed by atoms with Gasteiger partial charge in [0.25, 0.3) is 0 Å². The summed E-state index contributed by atoms with van der Waals surface area (Å²) in [4.78, 5) is 11.4. The molecule has 0 spiro atoms. The number of benzene rings is 2. The minimum Gasteiger partial charge on any atom is -0.479 e. The first-order chi connectivity index (χ1) is 15.8. The number of hydrogen-bond acceptors (Lipinski definition) is 3. The van der Waals surface area contributed by atoms with E-state index in [0.717, 1.165) is 16.9 Å². The number of carboxylic acids is 1. The van der Waals surface area contributed by atoms with Crippen LogP contribution >= 0.6 is 0 Å². The van der Waals surface area contributed by atoms with E-state index in [2.05, 4.69) is 10.2 Å². The highest BCUT2D eigenvalue weighted by atomic mass is 19.1. The molecule has 1 saturated heterocycles. The summed E-state index contributed by atoms with van der Waals surface area (Å²) in [6.07, 6.45) is 1.66. The van der Waals surface area contributed by atoms with Crippen LogP contribution in [-0.2, 0) is 9.53 Å². The lowest BCUT2D eigenvalue weighted by molar-refractivity contribution is -0.153. The van der Waals surface area contributed by atoms with Crippen molar-refractivity contribution < 1.29 is 23.4 Å². The molecule has 0 amide bonds. The van der Waals surface area contributed by atoms with Gasteiger partial charge in [-0.2, -0.15) is 5.10 Å². The monoisotopic (exact) mass is 453 g/mol. The van der Waals surface area contributed by atoms with Crippen LogP contribution in [0.5, 0.6) is 0 Å². The number of carboxylic acid groups (broad SMARTS) is 1. The number of aromatic nitrogens is 3. The molecule has 0 bridgehead atoms. The minimum atomic E-state index is -0.980. The van der Waals surface area contributed by atoms with Gasteiger partial charge in [0.15, 0.2) is 11.9 Å². The number of H-pyrrole nitrogens is 1. The predicted molar refractivity (Wildman–Crippen MR) is 121 cm³/mol. The highest BCUT2D eigenvalue weighted by Crippen LogP contribution is 2.44. The summed E-state index contributed by atoms with van der Waals surface area (Å²) in [5.41, 5.74) is 3.98. The maximum absolute atomic E-state index is 16.0. The molecular weight excluding hydrogens is 428 g/mol. The Morgan fingerprint density at radius 3 is 2.70 bits per heavy atom. The Labute approximate surface area is 189 Å². The van der Waals surface area contributed by atoms with E-state index in [1.807, 2.05) is 24.5 Å². The second kappa shape index (κ2) is 7.95. The number of aliphatic carboxylic acids is 1. The molecule has 2 aromatic carbocycles. The Hall–Kier alpha value is -3.26. The van der Waals surface area contributed by atoms with E-state index in [1.54, 1.807) is 25.3 Å². The van der Waals surface area contributed by atoms with Crippen molar-refractivity contribution in [3.63, 3.8) is 0 Å². The van der Waals surface area contributed by atoms with Crippen molar-refractivity contribution in [2.24, 2.45) is 0 Å². The van der Waals surface area contributed by atoms with Gasteiger partial charge in [-0.1, -0.05) is 13.8 Å². The lowest BCUT2D eigenvalue weighted by atomic mass is 9.86. The van der Waals surface area contributed by atoms with Gasteiger partial charge in [-0.3, -0.25) is 5.10 Å². The largest absolute Gasteiger partial charge is 0.479 e. The Balaban J connectivity index is 1.82. The zero-order valence-electron chi connectivity index (χ0n) is 18.7. The van der Waals surface area contributed by atoms with Crippen LogP contribution in [0.4, 0.5) is 8.78 Å². The summed E-state index contributed by atoms with van der Waals surface area (Å²) in [6, 6.07) is 6.79. The number of fused-ring (bicyclic) bond motifs is 2. The smallest absolute Gasteiger partial charge is 0.332 e. The third-order valence-corrected chi connectivity index (χ3v) is 6.59. The summed E-state index contributed by atoms with van der Waals surface area (Å²) in [7, 11) is 0. The van der Waals surface area contributed by atoms with Crippen LogP contribution in [0.2, 0.25) is 0 Å². The standard InChI is InChI=1S/C25H25F2N3O3/c1-12(2)24-20(14-4-7-19(25(31)32)33-11-14)21-18(9-15-10-28-29-23(15)22(21)27)30(24)16-5-6-17(26)13(3)8-16/h5-6,8-10,12,14,19H,4,7,11H2,1-3H3,(H,28,29)(H,31,32)/t14-,19+/m1/s1. The molecule has 0 unspecified atom stereocenters. The quantitative estimate of drug-likeness (QED) is 0.424. The fraction of sp³-hybridized carbons (Fsp3) is 0.360. The van der Waals surface area contributed by atoms with E-state index in [4.69, 9.17) is 4.74 Å². The van der Waals surface area contributed by atoms with Gasteiger partial charge >= 0.3 is 5.97 Å². The number of nitrogens with zero attached hydrogens (tertiary/aromatic N) is 2. The molecule has 2 aromatic heterocycles. The van der Waals surface area contributed by atoms with Gasteiger partial charge in [-0.15, -0.1) is 0 Å². The molecule has 1 aliphatic rings. The maximum atomic E-state index is 16.0. The van der Waals surface area contributed by atoms with Crippen LogP contribution < -0.4 is 0 Å². The van der Waals surface area contributed by atoms with E-state index in [0.29, 0.717) is 40.2 Å². The number of nitrogens with one attached hydrogen (secondary N) is 1. The number of aromatic amines is 1. The van der Waals surface area contributed by atoms with Crippen molar-refractivity contribution in [2.75, 3.05) is 6.61 Å². The third kappa shape index (κ3) is 3.40. The average molecular weight is 453 g/mol. The van der Waals surface area contributed by atoms with Crippen molar-refractivity contribution in [1.29, 1.82) is 0 Å². The summed E-state index contributed by atoms with van der Waals surface area (Å²) < 4.78 is 37.7. The van der Waals surface area contributed by atoms with Crippen molar-refractivity contribution in [2.45, 2.75) is 51.6 Å². The zero-order chi connectivity index (χ0) is 23.4. The third-order valence-electron chi connectivity index (χ3n) is 6.59. The van der Waals surface area contributed by atoms with E-state index in [1.165, 1.54) is 6.07 Å². The van der Waals surface area contributed by atoms with Crippen molar-refractivity contribution in [3.05, 3.63) is 58.9 Å². The first-order valence-corrected chi connectivity index (χ1v) is 11.1. The molecule has 0 radical (unpaired) electrons. The first-order valence-electron chi connectivity index (χ1n) is 11.1. The van der Waals surface area contributed by atoms with Gasteiger partial charge in [-0.25, -0.2) is 13.6 Å². The normalized spacial score (nSPS) is 19.1. The highest BCUT2D eigenvalue weighted by molar-refractivity contribution is 5.99. The molecular formula is C25H25F2N3O3. The van der Waals surface area contributed by atoms with E-state index >= 15 is 4.39 Å². The molecule has 2 N–H and O–H groups in total.